The van der Waals surface area contributed by atoms with Gasteiger partial charge < -0.3 is 5.11 Å². The number of rotatable bonds is 3. The molecule has 0 aliphatic heterocycles. The van der Waals surface area contributed by atoms with Crippen molar-refractivity contribution in [1.82, 2.24) is 0 Å². The van der Waals surface area contributed by atoms with Crippen LogP contribution in [-0.4, -0.2) is 11.1 Å². The lowest BCUT2D eigenvalue weighted by atomic mass is 9.71. The van der Waals surface area contributed by atoms with Crippen LogP contribution >= 0.6 is 0 Å². The van der Waals surface area contributed by atoms with Crippen LogP contribution in [-0.2, 0) is 11.8 Å². The van der Waals surface area contributed by atoms with E-state index in [2.05, 4.69) is 45.9 Å². The Morgan fingerprint density at radius 3 is 2.48 bits per heavy atom. The second-order valence-electron chi connectivity index (χ2n) is 7.82. The predicted molar refractivity (Wildman–Crippen MR) is 104 cm³/mol. The summed E-state index contributed by atoms with van der Waals surface area (Å²) in [5, 5.41) is 9.02. The van der Waals surface area contributed by atoms with Crippen molar-refractivity contribution in [3.8, 4) is 0 Å². The van der Waals surface area contributed by atoms with Gasteiger partial charge in [-0.25, -0.2) is 4.79 Å². The van der Waals surface area contributed by atoms with Crippen molar-refractivity contribution in [2.75, 3.05) is 0 Å². The van der Waals surface area contributed by atoms with Gasteiger partial charge in [0, 0.05) is 0 Å². The Balaban J connectivity index is 1.99. The normalized spacial score (nSPS) is 16.4. The standard InChI is InChI=1S/C23H26O2/c1-15(12-17-7-9-18(10-8-17)22(24)25)20-14-21-19(13-16(20)2)6-5-11-23(21,3)4/h7-10,12-14H,5-6,11H2,1-4H3,(H,24,25)/b15-12+. The Kier molecular flexibility index (Phi) is 4.55. The van der Waals surface area contributed by atoms with Gasteiger partial charge in [0.1, 0.15) is 0 Å². The first-order valence-electron chi connectivity index (χ1n) is 8.94. The Labute approximate surface area is 150 Å². The van der Waals surface area contributed by atoms with E-state index >= 15 is 0 Å². The average molecular weight is 334 g/mol. The maximum absolute atomic E-state index is 11.0. The first-order chi connectivity index (χ1) is 11.8. The molecule has 0 amide bonds. The predicted octanol–water partition coefficient (Wildman–Crippen LogP) is 5.87. The van der Waals surface area contributed by atoms with Crippen molar-refractivity contribution in [1.29, 1.82) is 0 Å². The van der Waals surface area contributed by atoms with Crippen molar-refractivity contribution < 1.29 is 9.90 Å². The van der Waals surface area contributed by atoms with Crippen molar-refractivity contribution in [3.63, 3.8) is 0 Å². The minimum absolute atomic E-state index is 0.236. The summed E-state index contributed by atoms with van der Waals surface area (Å²) in [5.74, 6) is -0.889. The van der Waals surface area contributed by atoms with Gasteiger partial charge in [-0.2, -0.15) is 0 Å². The Morgan fingerprint density at radius 2 is 1.84 bits per heavy atom. The van der Waals surface area contributed by atoms with E-state index in [4.69, 9.17) is 5.11 Å². The zero-order valence-corrected chi connectivity index (χ0v) is 15.5. The molecule has 1 N–H and O–H groups in total. The number of hydrogen-bond donors (Lipinski definition) is 1. The third kappa shape index (κ3) is 3.53. The summed E-state index contributed by atoms with van der Waals surface area (Å²) in [6, 6.07) is 11.8. The van der Waals surface area contributed by atoms with Crippen LogP contribution in [0.2, 0.25) is 0 Å². The SMILES string of the molecule is C/C(=C\c1ccc(C(=O)O)cc1)c1cc2c(cc1C)CCCC2(C)C. The topological polar surface area (TPSA) is 37.3 Å². The molecule has 0 fully saturated rings. The van der Waals surface area contributed by atoms with Gasteiger partial charge in [0.25, 0.3) is 0 Å². The molecular formula is C23H26O2. The molecule has 0 bridgehead atoms. The summed E-state index contributed by atoms with van der Waals surface area (Å²) in [4.78, 5) is 11.0. The third-order valence-corrected chi connectivity index (χ3v) is 5.39. The first-order valence-corrected chi connectivity index (χ1v) is 8.94. The minimum atomic E-state index is -0.889. The van der Waals surface area contributed by atoms with Gasteiger partial charge in [-0.15, -0.1) is 0 Å². The summed E-state index contributed by atoms with van der Waals surface area (Å²) < 4.78 is 0. The number of hydrogen-bond acceptors (Lipinski definition) is 1. The highest BCUT2D eigenvalue weighted by atomic mass is 16.4. The van der Waals surface area contributed by atoms with Gasteiger partial charge in [-0.05, 0) is 84.0 Å². The van der Waals surface area contributed by atoms with E-state index in [9.17, 15) is 4.79 Å². The van der Waals surface area contributed by atoms with Crippen molar-refractivity contribution >= 4 is 17.6 Å². The molecule has 2 aromatic rings. The molecule has 130 valence electrons. The van der Waals surface area contributed by atoms with Crippen molar-refractivity contribution in [2.45, 2.75) is 52.4 Å². The quantitative estimate of drug-likeness (QED) is 0.713. The number of benzene rings is 2. The fraction of sp³-hybridized carbons (Fsp3) is 0.348. The molecule has 0 aromatic heterocycles. The van der Waals surface area contributed by atoms with Crippen LogP contribution in [0.25, 0.3) is 11.6 Å². The summed E-state index contributed by atoms with van der Waals surface area (Å²) in [6.07, 6.45) is 5.82. The lowest BCUT2D eigenvalue weighted by Gasteiger charge is -2.33. The molecule has 0 atom stereocenters. The molecule has 2 nitrogen and oxygen atoms in total. The zero-order valence-electron chi connectivity index (χ0n) is 15.5. The summed E-state index contributed by atoms with van der Waals surface area (Å²) in [7, 11) is 0. The molecule has 0 spiro atoms. The molecule has 0 saturated carbocycles. The fourth-order valence-electron chi connectivity index (χ4n) is 3.93. The minimum Gasteiger partial charge on any atom is -0.478 e. The number of carbonyl (C=O) groups is 1. The van der Waals surface area contributed by atoms with Gasteiger partial charge in [-0.1, -0.05) is 44.2 Å². The van der Waals surface area contributed by atoms with Crippen LogP contribution in [0.3, 0.4) is 0 Å². The molecule has 3 rings (SSSR count). The number of carboxylic acids is 1. The maximum Gasteiger partial charge on any atom is 0.335 e. The number of fused-ring (bicyclic) bond motifs is 1. The van der Waals surface area contributed by atoms with E-state index in [1.165, 1.54) is 47.1 Å². The van der Waals surface area contributed by atoms with Crippen LogP contribution in [0.1, 0.15) is 71.8 Å². The number of allylic oxidation sites excluding steroid dienone is 1. The van der Waals surface area contributed by atoms with Gasteiger partial charge in [0.2, 0.25) is 0 Å². The van der Waals surface area contributed by atoms with Crippen LogP contribution in [0, 0.1) is 6.92 Å². The largest absolute Gasteiger partial charge is 0.478 e. The van der Waals surface area contributed by atoms with Crippen molar-refractivity contribution in [2.24, 2.45) is 0 Å². The summed E-state index contributed by atoms with van der Waals surface area (Å²) in [5.41, 5.74) is 8.37. The molecule has 1 aliphatic carbocycles. The Morgan fingerprint density at radius 1 is 1.16 bits per heavy atom. The van der Waals surface area contributed by atoms with Gasteiger partial charge >= 0.3 is 5.97 Å². The highest BCUT2D eigenvalue weighted by Crippen LogP contribution is 2.39. The third-order valence-electron chi connectivity index (χ3n) is 5.39. The van der Waals surface area contributed by atoms with Gasteiger partial charge in [0.05, 0.1) is 5.56 Å². The van der Waals surface area contributed by atoms with E-state index in [1.54, 1.807) is 12.1 Å². The van der Waals surface area contributed by atoms with Crippen LogP contribution in [0.5, 0.6) is 0 Å². The lowest BCUT2D eigenvalue weighted by molar-refractivity contribution is 0.0697. The zero-order chi connectivity index (χ0) is 18.2. The molecule has 0 heterocycles. The Bertz CT molecular complexity index is 839. The lowest BCUT2D eigenvalue weighted by Crippen LogP contribution is -2.24. The molecule has 1 aliphatic rings. The fourth-order valence-corrected chi connectivity index (χ4v) is 3.93. The second kappa shape index (κ2) is 6.51. The number of aryl methyl sites for hydroxylation is 2. The van der Waals surface area contributed by atoms with Gasteiger partial charge in [0.15, 0.2) is 0 Å². The van der Waals surface area contributed by atoms with Crippen molar-refractivity contribution in [3.05, 3.63) is 69.8 Å². The van der Waals surface area contributed by atoms with Gasteiger partial charge in [-0.3, -0.25) is 0 Å². The molecule has 25 heavy (non-hydrogen) atoms. The molecule has 0 unspecified atom stereocenters. The number of aromatic carboxylic acids is 1. The van der Waals surface area contributed by atoms with E-state index in [0.29, 0.717) is 5.56 Å². The molecular weight excluding hydrogens is 308 g/mol. The van der Waals surface area contributed by atoms with E-state index in [1.807, 2.05) is 12.1 Å². The summed E-state index contributed by atoms with van der Waals surface area (Å²) >= 11 is 0. The summed E-state index contributed by atoms with van der Waals surface area (Å²) in [6.45, 7) is 9.00. The Hall–Kier alpha value is -2.35. The molecule has 2 aromatic carbocycles. The average Bonchev–Trinajstić information content (AvgIpc) is 2.54. The highest BCUT2D eigenvalue weighted by Gasteiger charge is 2.28. The molecule has 2 heteroatoms. The van der Waals surface area contributed by atoms with Crippen LogP contribution in [0.15, 0.2) is 36.4 Å². The smallest absolute Gasteiger partial charge is 0.335 e. The number of carboxylic acid groups (broad SMARTS) is 1. The highest BCUT2D eigenvalue weighted by molar-refractivity contribution is 5.88. The second-order valence-corrected chi connectivity index (χ2v) is 7.82. The monoisotopic (exact) mass is 334 g/mol. The molecule has 0 radical (unpaired) electrons. The van der Waals surface area contributed by atoms with Crippen LogP contribution in [0.4, 0.5) is 0 Å². The maximum atomic E-state index is 11.0. The van der Waals surface area contributed by atoms with E-state index in [-0.39, 0.29) is 5.41 Å². The van der Waals surface area contributed by atoms with E-state index < -0.39 is 5.97 Å². The first kappa shape index (κ1) is 17.5. The van der Waals surface area contributed by atoms with Crippen LogP contribution < -0.4 is 0 Å². The molecule has 0 saturated heterocycles. The van der Waals surface area contributed by atoms with E-state index in [0.717, 1.165) is 5.56 Å².